The molecule has 10 N–H and O–H groups in total. The number of aliphatic hydroxyl groups is 6. The highest BCUT2D eigenvalue weighted by Crippen LogP contribution is 2.44. The van der Waals surface area contributed by atoms with E-state index in [2.05, 4.69) is 0 Å². The molecule has 0 unspecified atom stereocenters. The Morgan fingerprint density at radius 3 is 1.63 bits per heavy atom. The van der Waals surface area contributed by atoms with E-state index in [4.69, 9.17) is 23.4 Å². The fraction of sp³-hybridized carbons (Fsp3) is 0.444. The van der Waals surface area contributed by atoms with Gasteiger partial charge in [0.15, 0.2) is 17.3 Å². The zero-order valence-corrected chi connectivity index (χ0v) is 22.5. The molecular weight excluding hydrogens is 580 g/mol. The normalized spacial score (nSPS) is 32.9. The lowest BCUT2D eigenvalue weighted by molar-refractivity contribution is -0.268. The van der Waals surface area contributed by atoms with Gasteiger partial charge in [-0.25, -0.2) is 0 Å². The Morgan fingerprint density at radius 1 is 0.628 bits per heavy atom. The van der Waals surface area contributed by atoms with Gasteiger partial charge in [0.25, 0.3) is 0 Å². The molecule has 0 amide bonds. The zero-order chi connectivity index (χ0) is 31.5. The summed E-state index contributed by atoms with van der Waals surface area (Å²) in [5.41, 5.74) is -1.64. The molecule has 2 aliphatic heterocycles. The number of benzene rings is 2. The third-order valence-corrected chi connectivity index (χ3v) is 7.31. The lowest BCUT2D eigenvalue weighted by Gasteiger charge is -2.39. The molecule has 16 heteroatoms. The van der Waals surface area contributed by atoms with E-state index in [1.807, 2.05) is 0 Å². The Morgan fingerprint density at radius 2 is 1.12 bits per heavy atom. The predicted molar refractivity (Wildman–Crippen MR) is 141 cm³/mol. The smallest absolute Gasteiger partial charge is 0.239 e. The number of fused-ring (bicyclic) bond motifs is 1. The standard InChI is InChI=1S/C27H30O16/c1-7-16(32)19(35)21(37)26(39-7)42-24-12(30)3-9(4-13(24)31)23-25(43-27-22(38)20(36)17(33)8(2)40-27)18(34)15-11(29)5-10(28)6-14(15)41-23/h3-8,16-17,19-22,26-33,35-38H,1-2H3/t7-,8-,16-,17-,19+,20+,21+,22+,26-,27-/m0/s1. The summed E-state index contributed by atoms with van der Waals surface area (Å²) in [6.45, 7) is 2.77. The molecule has 2 fully saturated rings. The average Bonchev–Trinajstić information content (AvgIpc) is 2.94. The quantitative estimate of drug-likeness (QED) is 0.161. The monoisotopic (exact) mass is 610 g/mol. The number of hydrogen-bond acceptors (Lipinski definition) is 16. The lowest BCUT2D eigenvalue weighted by atomic mass is 10.00. The van der Waals surface area contributed by atoms with Crippen molar-refractivity contribution in [3.8, 4) is 45.8 Å². The molecule has 0 radical (unpaired) electrons. The van der Waals surface area contributed by atoms with Gasteiger partial charge in [-0.05, 0) is 26.0 Å². The number of rotatable bonds is 5. The van der Waals surface area contributed by atoms with E-state index in [9.17, 15) is 55.9 Å². The summed E-state index contributed by atoms with van der Waals surface area (Å²) >= 11 is 0. The molecule has 0 bridgehead atoms. The highest BCUT2D eigenvalue weighted by Gasteiger charge is 2.45. The summed E-state index contributed by atoms with van der Waals surface area (Å²) in [4.78, 5) is 13.6. The van der Waals surface area contributed by atoms with E-state index in [1.165, 1.54) is 13.8 Å². The fourth-order valence-corrected chi connectivity index (χ4v) is 4.87. The van der Waals surface area contributed by atoms with Crippen LogP contribution in [0.1, 0.15) is 13.8 Å². The van der Waals surface area contributed by atoms with E-state index < -0.39 is 112 Å². The van der Waals surface area contributed by atoms with E-state index in [1.54, 1.807) is 0 Å². The first-order valence-corrected chi connectivity index (χ1v) is 13.0. The summed E-state index contributed by atoms with van der Waals surface area (Å²) in [5, 5.41) is 102. The van der Waals surface area contributed by atoms with Crippen molar-refractivity contribution < 1.29 is 74.4 Å². The Kier molecular flexibility index (Phi) is 8.05. The van der Waals surface area contributed by atoms with Crippen molar-refractivity contribution in [1.29, 1.82) is 0 Å². The Labute approximate surface area is 241 Å². The average molecular weight is 611 g/mol. The van der Waals surface area contributed by atoms with E-state index in [0.29, 0.717) is 0 Å². The highest BCUT2D eigenvalue weighted by atomic mass is 16.7. The van der Waals surface area contributed by atoms with Gasteiger partial charge in [-0.2, -0.15) is 0 Å². The van der Waals surface area contributed by atoms with Crippen molar-refractivity contribution >= 4 is 11.0 Å². The minimum absolute atomic E-state index is 0.243. The second-order valence-corrected chi connectivity index (χ2v) is 10.4. The predicted octanol–water partition coefficient (Wildman–Crippen LogP) is -1.30. The zero-order valence-electron chi connectivity index (χ0n) is 22.5. The Hall–Kier alpha value is -3.87. The topological polar surface area (TPSA) is 269 Å². The number of aliphatic hydroxyl groups excluding tert-OH is 6. The lowest BCUT2D eigenvalue weighted by Crippen LogP contribution is -2.58. The number of phenols is 4. The van der Waals surface area contributed by atoms with Crippen molar-refractivity contribution in [2.24, 2.45) is 0 Å². The first-order chi connectivity index (χ1) is 20.2. The van der Waals surface area contributed by atoms with E-state index in [0.717, 1.165) is 24.3 Å². The largest absolute Gasteiger partial charge is 0.508 e. The van der Waals surface area contributed by atoms with Crippen LogP contribution in [0.5, 0.6) is 34.5 Å². The third-order valence-electron chi connectivity index (χ3n) is 7.31. The summed E-state index contributed by atoms with van der Waals surface area (Å²) in [7, 11) is 0. The fourth-order valence-electron chi connectivity index (χ4n) is 4.87. The van der Waals surface area contributed by atoms with Gasteiger partial charge in [0, 0.05) is 17.7 Å². The van der Waals surface area contributed by atoms with Gasteiger partial charge in [-0.15, -0.1) is 0 Å². The molecule has 1 aromatic heterocycles. The van der Waals surface area contributed by atoms with Crippen LogP contribution in [-0.4, -0.2) is 112 Å². The minimum Gasteiger partial charge on any atom is -0.508 e. The molecule has 0 aliphatic carbocycles. The first-order valence-electron chi connectivity index (χ1n) is 13.0. The van der Waals surface area contributed by atoms with Crippen LogP contribution in [0, 0.1) is 0 Å². The van der Waals surface area contributed by atoms with Crippen LogP contribution in [0.4, 0.5) is 0 Å². The number of ether oxygens (including phenoxy) is 4. The molecule has 3 heterocycles. The van der Waals surface area contributed by atoms with E-state index in [-0.39, 0.29) is 11.1 Å². The van der Waals surface area contributed by atoms with Crippen molar-refractivity contribution in [2.75, 3.05) is 0 Å². The molecule has 3 aromatic rings. The van der Waals surface area contributed by atoms with Gasteiger partial charge in [-0.1, -0.05) is 0 Å². The third kappa shape index (κ3) is 5.39. The maximum absolute atomic E-state index is 13.6. The Bertz CT molecular complexity index is 1550. The highest BCUT2D eigenvalue weighted by molar-refractivity contribution is 5.88. The first kappa shape index (κ1) is 30.6. The minimum atomic E-state index is -1.86. The Balaban J connectivity index is 1.59. The van der Waals surface area contributed by atoms with Crippen LogP contribution in [0.15, 0.2) is 33.5 Å². The molecule has 2 aliphatic rings. The molecule has 234 valence electrons. The number of aromatic hydroxyl groups is 4. The summed E-state index contributed by atoms with van der Waals surface area (Å²) in [6, 6.07) is 3.74. The van der Waals surface area contributed by atoms with Crippen LogP contribution < -0.4 is 14.9 Å². The van der Waals surface area contributed by atoms with Crippen LogP contribution in [0.2, 0.25) is 0 Å². The second-order valence-electron chi connectivity index (χ2n) is 10.4. The van der Waals surface area contributed by atoms with Gasteiger partial charge >= 0.3 is 0 Å². The van der Waals surface area contributed by atoms with Crippen molar-refractivity contribution in [3.63, 3.8) is 0 Å². The maximum atomic E-state index is 13.6. The molecule has 0 saturated carbocycles. The van der Waals surface area contributed by atoms with Gasteiger partial charge < -0.3 is 74.4 Å². The van der Waals surface area contributed by atoms with Gasteiger partial charge in [0.1, 0.15) is 59.1 Å². The summed E-state index contributed by atoms with van der Waals surface area (Å²) < 4.78 is 27.5. The molecule has 16 nitrogen and oxygen atoms in total. The van der Waals surface area contributed by atoms with Crippen LogP contribution >= 0.6 is 0 Å². The molecule has 0 spiro atoms. The van der Waals surface area contributed by atoms with Crippen molar-refractivity contribution in [2.45, 2.75) is 75.3 Å². The van der Waals surface area contributed by atoms with Crippen LogP contribution in [0.3, 0.4) is 0 Å². The van der Waals surface area contributed by atoms with Crippen LogP contribution in [-0.2, 0) is 9.47 Å². The molecule has 2 saturated heterocycles. The number of phenolic OH excluding ortho intramolecular Hbond substituents is 4. The number of hydrogen-bond donors (Lipinski definition) is 10. The molecule has 10 atom stereocenters. The van der Waals surface area contributed by atoms with E-state index >= 15 is 0 Å². The SMILES string of the molecule is C[C@@H]1O[C@@H](Oc2c(O)cc(-c3oc4cc(O)cc(O)c4c(=O)c3O[C@@H]3O[C@@H](C)[C@H](O)[C@@H](O)[C@H]3O)cc2O)[C@H](O)[C@H](O)[C@H]1O. The molecule has 5 rings (SSSR count). The summed E-state index contributed by atoms with van der Waals surface area (Å²) in [6.07, 6.45) is -15.4. The van der Waals surface area contributed by atoms with Crippen molar-refractivity contribution in [3.05, 3.63) is 34.5 Å². The molecule has 2 aromatic carbocycles. The van der Waals surface area contributed by atoms with Gasteiger partial charge in [0.05, 0.1) is 12.2 Å². The molecular formula is C27H30O16. The maximum Gasteiger partial charge on any atom is 0.239 e. The van der Waals surface area contributed by atoms with Crippen molar-refractivity contribution in [1.82, 2.24) is 0 Å². The van der Waals surface area contributed by atoms with Gasteiger partial charge in [0.2, 0.25) is 29.5 Å². The van der Waals surface area contributed by atoms with Gasteiger partial charge in [-0.3, -0.25) is 4.79 Å². The second kappa shape index (κ2) is 11.3. The van der Waals surface area contributed by atoms with Crippen LogP contribution in [0.25, 0.3) is 22.3 Å². The molecule has 43 heavy (non-hydrogen) atoms. The summed E-state index contributed by atoms with van der Waals surface area (Å²) in [5.74, 6) is -4.60.